The number of hydrogen-bond donors (Lipinski definition) is 0. The molecule has 18 heavy (non-hydrogen) atoms. The average molecular weight is 324 g/mol. The van der Waals surface area contributed by atoms with E-state index < -0.39 is 0 Å². The van der Waals surface area contributed by atoms with Crippen molar-refractivity contribution in [3.63, 3.8) is 0 Å². The molecule has 0 fully saturated rings. The van der Waals surface area contributed by atoms with Crippen LogP contribution in [0.25, 0.3) is 0 Å². The van der Waals surface area contributed by atoms with E-state index in [2.05, 4.69) is 76.6 Å². The third-order valence-electron chi connectivity index (χ3n) is 3.15. The number of likely N-dealkylation sites (N-methyl/N-ethyl adjacent to an activating group) is 1. The van der Waals surface area contributed by atoms with Crippen LogP contribution in [0.3, 0.4) is 0 Å². The Hall–Kier alpha value is -0.640. The fourth-order valence-electron chi connectivity index (χ4n) is 1.95. The predicted molar refractivity (Wildman–Crippen MR) is 83.1 cm³/mol. The quantitative estimate of drug-likeness (QED) is 0.778. The predicted octanol–water partition coefficient (Wildman–Crippen LogP) is 4.57. The van der Waals surface area contributed by atoms with Crippen molar-refractivity contribution >= 4 is 27.3 Å². The summed E-state index contributed by atoms with van der Waals surface area (Å²) >= 11 is 5.36. The largest absolute Gasteiger partial charge is 0.299 e. The molecule has 1 atom stereocenters. The van der Waals surface area contributed by atoms with Gasteiger partial charge >= 0.3 is 0 Å². The van der Waals surface area contributed by atoms with Gasteiger partial charge in [0, 0.05) is 21.9 Å². The van der Waals surface area contributed by atoms with Crippen molar-refractivity contribution in [2.75, 3.05) is 7.05 Å². The van der Waals surface area contributed by atoms with Crippen LogP contribution in [0, 0.1) is 0 Å². The highest BCUT2D eigenvalue weighted by molar-refractivity contribution is 9.10. The molecule has 0 aliphatic rings. The van der Waals surface area contributed by atoms with E-state index in [0.717, 1.165) is 17.4 Å². The molecular formula is C15H18BrNS. The average Bonchev–Trinajstić information content (AvgIpc) is 2.81. The Morgan fingerprint density at radius 3 is 2.78 bits per heavy atom. The van der Waals surface area contributed by atoms with Gasteiger partial charge in [0.1, 0.15) is 0 Å². The SMILES string of the molecule is CC(Cc1cccs1)N(C)Cc1cccc(Br)c1. The lowest BCUT2D eigenvalue weighted by Crippen LogP contribution is -2.30. The lowest BCUT2D eigenvalue weighted by Gasteiger charge is -2.24. The summed E-state index contributed by atoms with van der Waals surface area (Å²) in [5, 5.41) is 2.15. The zero-order valence-corrected chi connectivity index (χ0v) is 13.2. The highest BCUT2D eigenvalue weighted by Crippen LogP contribution is 2.17. The van der Waals surface area contributed by atoms with Gasteiger partial charge in [-0.15, -0.1) is 11.3 Å². The van der Waals surface area contributed by atoms with Crippen LogP contribution in [0.4, 0.5) is 0 Å². The highest BCUT2D eigenvalue weighted by Gasteiger charge is 2.11. The second kappa shape index (κ2) is 6.50. The van der Waals surface area contributed by atoms with Crippen molar-refractivity contribution in [3.05, 3.63) is 56.7 Å². The van der Waals surface area contributed by atoms with Gasteiger partial charge in [0.25, 0.3) is 0 Å². The Morgan fingerprint density at radius 1 is 1.28 bits per heavy atom. The molecule has 0 aliphatic carbocycles. The van der Waals surface area contributed by atoms with Crippen molar-refractivity contribution in [1.29, 1.82) is 0 Å². The first-order valence-electron chi connectivity index (χ1n) is 6.12. The molecule has 1 heterocycles. The molecule has 0 aliphatic heterocycles. The van der Waals surface area contributed by atoms with E-state index in [0.29, 0.717) is 6.04 Å². The first kappa shape index (κ1) is 13.8. The minimum atomic E-state index is 0.558. The summed E-state index contributed by atoms with van der Waals surface area (Å²) in [7, 11) is 2.19. The van der Waals surface area contributed by atoms with Gasteiger partial charge in [-0.05, 0) is 49.5 Å². The first-order valence-corrected chi connectivity index (χ1v) is 7.79. The number of rotatable bonds is 5. The molecule has 0 bridgehead atoms. The Morgan fingerprint density at radius 2 is 2.11 bits per heavy atom. The van der Waals surface area contributed by atoms with Crippen molar-refractivity contribution < 1.29 is 0 Å². The number of benzene rings is 1. The lowest BCUT2D eigenvalue weighted by molar-refractivity contribution is 0.249. The molecule has 0 amide bonds. The molecule has 1 aromatic heterocycles. The fourth-order valence-corrected chi connectivity index (χ4v) is 3.23. The van der Waals surface area contributed by atoms with Gasteiger partial charge in [-0.25, -0.2) is 0 Å². The van der Waals surface area contributed by atoms with Crippen LogP contribution in [0.15, 0.2) is 46.3 Å². The van der Waals surface area contributed by atoms with E-state index in [1.807, 2.05) is 11.3 Å². The Balaban J connectivity index is 1.93. The minimum absolute atomic E-state index is 0.558. The Bertz CT molecular complexity index is 481. The Labute approximate surface area is 122 Å². The van der Waals surface area contributed by atoms with E-state index in [-0.39, 0.29) is 0 Å². The molecule has 1 nitrogen and oxygen atoms in total. The molecular weight excluding hydrogens is 306 g/mol. The van der Waals surface area contributed by atoms with Gasteiger partial charge in [0.15, 0.2) is 0 Å². The molecule has 1 aromatic carbocycles. The van der Waals surface area contributed by atoms with Crippen molar-refractivity contribution in [3.8, 4) is 0 Å². The van der Waals surface area contributed by atoms with Crippen LogP contribution < -0.4 is 0 Å². The summed E-state index contributed by atoms with van der Waals surface area (Å²) in [5.41, 5.74) is 1.35. The summed E-state index contributed by atoms with van der Waals surface area (Å²) in [6.45, 7) is 3.28. The summed E-state index contributed by atoms with van der Waals surface area (Å²) in [6, 6.07) is 13.4. The number of thiophene rings is 1. The molecule has 0 radical (unpaired) electrons. The second-order valence-corrected chi connectivity index (χ2v) is 6.63. The number of hydrogen-bond acceptors (Lipinski definition) is 2. The van der Waals surface area contributed by atoms with E-state index in [1.54, 1.807) is 0 Å². The molecule has 0 N–H and O–H groups in total. The van der Waals surface area contributed by atoms with Crippen molar-refractivity contribution in [2.45, 2.75) is 25.9 Å². The van der Waals surface area contributed by atoms with E-state index >= 15 is 0 Å². The molecule has 0 spiro atoms. The number of nitrogens with zero attached hydrogens (tertiary/aromatic N) is 1. The van der Waals surface area contributed by atoms with Gasteiger partial charge in [0.2, 0.25) is 0 Å². The van der Waals surface area contributed by atoms with Gasteiger partial charge in [-0.2, -0.15) is 0 Å². The van der Waals surface area contributed by atoms with Crippen LogP contribution in [-0.4, -0.2) is 18.0 Å². The Kier molecular flexibility index (Phi) is 4.98. The van der Waals surface area contributed by atoms with Crippen LogP contribution in [-0.2, 0) is 13.0 Å². The van der Waals surface area contributed by atoms with Crippen LogP contribution in [0.1, 0.15) is 17.4 Å². The maximum absolute atomic E-state index is 3.52. The van der Waals surface area contributed by atoms with E-state index in [1.165, 1.54) is 10.4 Å². The van der Waals surface area contributed by atoms with E-state index in [4.69, 9.17) is 0 Å². The molecule has 3 heteroatoms. The summed E-state index contributed by atoms with van der Waals surface area (Å²) in [5.74, 6) is 0. The monoisotopic (exact) mass is 323 g/mol. The zero-order chi connectivity index (χ0) is 13.0. The molecule has 0 saturated carbocycles. The van der Waals surface area contributed by atoms with Gasteiger partial charge in [-0.1, -0.05) is 34.1 Å². The van der Waals surface area contributed by atoms with Crippen molar-refractivity contribution in [1.82, 2.24) is 4.90 Å². The van der Waals surface area contributed by atoms with Gasteiger partial charge in [0.05, 0.1) is 0 Å². The van der Waals surface area contributed by atoms with Crippen LogP contribution >= 0.6 is 27.3 Å². The third kappa shape index (κ3) is 3.94. The second-order valence-electron chi connectivity index (χ2n) is 4.68. The zero-order valence-electron chi connectivity index (χ0n) is 10.8. The molecule has 96 valence electrons. The standard InChI is InChI=1S/C15H18BrNS/c1-12(9-15-7-4-8-18-15)17(2)11-13-5-3-6-14(16)10-13/h3-8,10,12H,9,11H2,1-2H3. The molecule has 1 unspecified atom stereocenters. The van der Waals surface area contributed by atoms with Gasteiger partial charge < -0.3 is 0 Å². The summed E-state index contributed by atoms with van der Waals surface area (Å²) in [6.07, 6.45) is 1.13. The lowest BCUT2D eigenvalue weighted by atomic mass is 10.1. The topological polar surface area (TPSA) is 3.24 Å². The number of halogens is 1. The summed E-state index contributed by atoms with van der Waals surface area (Å²) < 4.78 is 1.15. The highest BCUT2D eigenvalue weighted by atomic mass is 79.9. The van der Waals surface area contributed by atoms with Gasteiger partial charge in [-0.3, -0.25) is 4.90 Å². The summed E-state index contributed by atoms with van der Waals surface area (Å²) in [4.78, 5) is 3.87. The van der Waals surface area contributed by atoms with Crippen LogP contribution in [0.5, 0.6) is 0 Å². The normalized spacial score (nSPS) is 12.9. The van der Waals surface area contributed by atoms with E-state index in [9.17, 15) is 0 Å². The van der Waals surface area contributed by atoms with Crippen molar-refractivity contribution in [2.24, 2.45) is 0 Å². The molecule has 2 rings (SSSR count). The molecule has 2 aromatic rings. The minimum Gasteiger partial charge on any atom is -0.299 e. The third-order valence-corrected chi connectivity index (χ3v) is 4.54. The smallest absolute Gasteiger partial charge is 0.0234 e. The maximum atomic E-state index is 3.52. The maximum Gasteiger partial charge on any atom is 0.0234 e. The first-order chi connectivity index (χ1) is 8.65. The molecule has 0 saturated heterocycles. The van der Waals surface area contributed by atoms with Crippen LogP contribution in [0.2, 0.25) is 0 Å². The fraction of sp³-hybridized carbons (Fsp3) is 0.333.